The van der Waals surface area contributed by atoms with Gasteiger partial charge in [-0.2, -0.15) is 0 Å². The summed E-state index contributed by atoms with van der Waals surface area (Å²) in [4.78, 5) is 20.0. The molecule has 6 nitrogen and oxygen atoms in total. The quantitative estimate of drug-likeness (QED) is 0.630. The van der Waals surface area contributed by atoms with Crippen LogP contribution >= 0.6 is 0 Å². The number of nitrogens with zero attached hydrogens (tertiary/aromatic N) is 2. The van der Waals surface area contributed by atoms with E-state index in [9.17, 15) is 4.79 Å². The molecule has 0 saturated heterocycles. The summed E-state index contributed by atoms with van der Waals surface area (Å²) in [6.45, 7) is 5.59. The van der Waals surface area contributed by atoms with Crippen LogP contribution in [0.4, 0.5) is 11.6 Å². The number of hydrogen-bond acceptors (Lipinski definition) is 5. The lowest BCUT2D eigenvalue weighted by Crippen LogP contribution is -2.25. The summed E-state index contributed by atoms with van der Waals surface area (Å²) in [6.07, 6.45) is 5.19. The van der Waals surface area contributed by atoms with Gasteiger partial charge in [0.2, 0.25) is 5.91 Å². The zero-order chi connectivity index (χ0) is 14.4. The maximum atomic E-state index is 11.5. The molecule has 1 aliphatic rings. The van der Waals surface area contributed by atoms with Crippen LogP contribution in [-0.2, 0) is 4.79 Å². The SMILES string of the molecule is CCNc1ncnc(NCCCC(=O)NC2CC2)c1C. The number of nitrogens with one attached hydrogen (secondary N) is 3. The van der Waals surface area contributed by atoms with Gasteiger partial charge in [-0.05, 0) is 33.1 Å². The molecule has 0 atom stereocenters. The van der Waals surface area contributed by atoms with Gasteiger partial charge in [0.05, 0.1) is 0 Å². The van der Waals surface area contributed by atoms with E-state index in [1.165, 1.54) is 0 Å². The van der Waals surface area contributed by atoms with Crippen molar-refractivity contribution in [1.29, 1.82) is 0 Å². The predicted molar refractivity (Wildman–Crippen MR) is 79.8 cm³/mol. The first kappa shape index (κ1) is 14.6. The molecule has 0 bridgehead atoms. The van der Waals surface area contributed by atoms with Crippen LogP contribution in [0, 0.1) is 6.92 Å². The molecule has 0 radical (unpaired) electrons. The molecule has 3 N–H and O–H groups in total. The predicted octanol–water partition coefficient (Wildman–Crippen LogP) is 1.69. The average Bonchev–Trinajstić information content (AvgIpc) is 3.23. The lowest BCUT2D eigenvalue weighted by atomic mass is 10.2. The van der Waals surface area contributed by atoms with E-state index in [0.29, 0.717) is 12.5 Å². The number of rotatable bonds is 8. The lowest BCUT2D eigenvalue weighted by molar-refractivity contribution is -0.121. The minimum absolute atomic E-state index is 0.155. The molecule has 1 fully saturated rings. The topological polar surface area (TPSA) is 78.9 Å². The molecule has 0 aromatic carbocycles. The van der Waals surface area contributed by atoms with Crippen LogP contribution in [0.3, 0.4) is 0 Å². The summed E-state index contributed by atoms with van der Waals surface area (Å²) in [6, 6.07) is 0.447. The fourth-order valence-corrected chi connectivity index (χ4v) is 1.96. The average molecular weight is 277 g/mol. The summed E-state index contributed by atoms with van der Waals surface area (Å²) in [7, 11) is 0. The molecule has 1 amide bonds. The molecule has 6 heteroatoms. The van der Waals surface area contributed by atoms with Gasteiger partial charge in [0.25, 0.3) is 0 Å². The molecule has 1 saturated carbocycles. The Bertz CT molecular complexity index is 459. The monoisotopic (exact) mass is 277 g/mol. The van der Waals surface area contributed by atoms with Crippen molar-refractivity contribution in [3.8, 4) is 0 Å². The smallest absolute Gasteiger partial charge is 0.220 e. The Balaban J connectivity index is 1.72. The highest BCUT2D eigenvalue weighted by atomic mass is 16.1. The first-order valence-corrected chi connectivity index (χ1v) is 7.29. The fourth-order valence-electron chi connectivity index (χ4n) is 1.96. The van der Waals surface area contributed by atoms with Crippen molar-refractivity contribution < 1.29 is 4.79 Å². The van der Waals surface area contributed by atoms with E-state index in [1.807, 2.05) is 13.8 Å². The van der Waals surface area contributed by atoms with Crippen molar-refractivity contribution in [1.82, 2.24) is 15.3 Å². The van der Waals surface area contributed by atoms with Gasteiger partial charge >= 0.3 is 0 Å². The molecule has 2 rings (SSSR count). The van der Waals surface area contributed by atoms with Crippen LogP contribution < -0.4 is 16.0 Å². The summed E-state index contributed by atoms with van der Waals surface area (Å²) >= 11 is 0. The van der Waals surface area contributed by atoms with Crippen LogP contribution in [0.25, 0.3) is 0 Å². The first-order valence-electron chi connectivity index (χ1n) is 7.29. The Labute approximate surface area is 119 Å². The Kier molecular flexibility index (Phi) is 5.15. The number of carbonyl (C=O) groups excluding carboxylic acids is 1. The van der Waals surface area contributed by atoms with Crippen LogP contribution in [-0.4, -0.2) is 35.0 Å². The molecule has 1 aromatic rings. The van der Waals surface area contributed by atoms with Crippen molar-refractivity contribution in [3.63, 3.8) is 0 Å². The second kappa shape index (κ2) is 7.07. The number of carbonyl (C=O) groups is 1. The minimum Gasteiger partial charge on any atom is -0.370 e. The Morgan fingerprint density at radius 1 is 1.30 bits per heavy atom. The van der Waals surface area contributed by atoms with Crippen LogP contribution in [0.15, 0.2) is 6.33 Å². The molecule has 0 aliphatic heterocycles. The maximum Gasteiger partial charge on any atom is 0.220 e. The molecule has 0 spiro atoms. The van der Waals surface area contributed by atoms with Crippen LogP contribution in [0.1, 0.15) is 38.2 Å². The van der Waals surface area contributed by atoms with E-state index in [-0.39, 0.29) is 5.91 Å². The van der Waals surface area contributed by atoms with Gasteiger partial charge < -0.3 is 16.0 Å². The van der Waals surface area contributed by atoms with E-state index >= 15 is 0 Å². The first-order chi connectivity index (χ1) is 9.70. The van der Waals surface area contributed by atoms with Gasteiger partial charge in [0.1, 0.15) is 18.0 Å². The second-order valence-corrected chi connectivity index (χ2v) is 5.10. The number of amides is 1. The summed E-state index contributed by atoms with van der Waals surface area (Å²) in [5.74, 6) is 1.84. The zero-order valence-electron chi connectivity index (χ0n) is 12.2. The van der Waals surface area contributed by atoms with E-state index in [2.05, 4.69) is 25.9 Å². The molecule has 1 heterocycles. The largest absolute Gasteiger partial charge is 0.370 e. The molecule has 20 heavy (non-hydrogen) atoms. The van der Waals surface area contributed by atoms with Gasteiger partial charge in [-0.25, -0.2) is 9.97 Å². The normalized spacial score (nSPS) is 13.9. The highest BCUT2D eigenvalue weighted by molar-refractivity contribution is 5.76. The standard InChI is InChI=1S/C14H23N5O/c1-3-15-13-10(2)14(18-9-17-13)16-8-4-5-12(20)19-11-6-7-11/h9,11H,3-8H2,1-2H3,(H,19,20)(H2,15,16,17,18). The highest BCUT2D eigenvalue weighted by Gasteiger charge is 2.22. The molecule has 1 aromatic heterocycles. The molecule has 1 aliphatic carbocycles. The van der Waals surface area contributed by atoms with Crippen LogP contribution in [0.5, 0.6) is 0 Å². The fraction of sp³-hybridized carbons (Fsp3) is 0.643. The van der Waals surface area contributed by atoms with Gasteiger partial charge in [-0.1, -0.05) is 0 Å². The number of anilines is 2. The number of hydrogen-bond donors (Lipinski definition) is 3. The van der Waals surface area contributed by atoms with E-state index < -0.39 is 0 Å². The third-order valence-corrected chi connectivity index (χ3v) is 3.24. The van der Waals surface area contributed by atoms with Gasteiger partial charge in [0.15, 0.2) is 0 Å². The van der Waals surface area contributed by atoms with Crippen molar-refractivity contribution >= 4 is 17.5 Å². The van der Waals surface area contributed by atoms with Crippen molar-refractivity contribution in [2.45, 2.75) is 45.6 Å². The van der Waals surface area contributed by atoms with E-state index in [1.54, 1.807) is 6.33 Å². The Morgan fingerprint density at radius 3 is 2.65 bits per heavy atom. The van der Waals surface area contributed by atoms with Crippen molar-refractivity contribution in [2.24, 2.45) is 0 Å². The lowest BCUT2D eigenvalue weighted by Gasteiger charge is -2.11. The molecular weight excluding hydrogens is 254 g/mol. The highest BCUT2D eigenvalue weighted by Crippen LogP contribution is 2.19. The van der Waals surface area contributed by atoms with E-state index in [4.69, 9.17) is 0 Å². The Morgan fingerprint density at radius 2 is 2.00 bits per heavy atom. The molecule has 0 unspecified atom stereocenters. The summed E-state index contributed by atoms with van der Waals surface area (Å²) in [5.41, 5.74) is 1.01. The Hall–Kier alpha value is -1.85. The van der Waals surface area contributed by atoms with Crippen LogP contribution in [0.2, 0.25) is 0 Å². The molecule has 110 valence electrons. The van der Waals surface area contributed by atoms with E-state index in [0.717, 1.165) is 49.6 Å². The number of aromatic nitrogens is 2. The van der Waals surface area contributed by atoms with Crippen molar-refractivity contribution in [3.05, 3.63) is 11.9 Å². The third-order valence-electron chi connectivity index (χ3n) is 3.24. The summed E-state index contributed by atoms with van der Waals surface area (Å²) < 4.78 is 0. The molecular formula is C14H23N5O. The van der Waals surface area contributed by atoms with Gasteiger partial charge in [-0.3, -0.25) is 4.79 Å². The van der Waals surface area contributed by atoms with Gasteiger partial charge in [-0.15, -0.1) is 0 Å². The maximum absolute atomic E-state index is 11.5. The third kappa shape index (κ3) is 4.36. The van der Waals surface area contributed by atoms with Crippen molar-refractivity contribution in [2.75, 3.05) is 23.7 Å². The minimum atomic E-state index is 0.155. The second-order valence-electron chi connectivity index (χ2n) is 5.10. The summed E-state index contributed by atoms with van der Waals surface area (Å²) in [5, 5.41) is 9.45. The van der Waals surface area contributed by atoms with Gasteiger partial charge in [0, 0.05) is 31.1 Å². The zero-order valence-corrected chi connectivity index (χ0v) is 12.2.